The van der Waals surface area contributed by atoms with Gasteiger partial charge in [-0.2, -0.15) is 9.50 Å². The van der Waals surface area contributed by atoms with Crippen molar-refractivity contribution in [3.63, 3.8) is 0 Å². The van der Waals surface area contributed by atoms with Gasteiger partial charge < -0.3 is 4.74 Å². The fourth-order valence-electron chi connectivity index (χ4n) is 2.43. The van der Waals surface area contributed by atoms with Crippen molar-refractivity contribution in [1.29, 1.82) is 0 Å². The second kappa shape index (κ2) is 6.31. The lowest BCUT2D eigenvalue weighted by Crippen LogP contribution is -2.23. The van der Waals surface area contributed by atoms with Crippen LogP contribution in [0.3, 0.4) is 0 Å². The van der Waals surface area contributed by atoms with Gasteiger partial charge in [0, 0.05) is 10.6 Å². The molecule has 25 heavy (non-hydrogen) atoms. The molecule has 7 heteroatoms. The van der Waals surface area contributed by atoms with Gasteiger partial charge in [-0.05, 0) is 42.0 Å². The van der Waals surface area contributed by atoms with Gasteiger partial charge in [0.25, 0.3) is 5.56 Å². The first-order valence-electron chi connectivity index (χ1n) is 7.46. The van der Waals surface area contributed by atoms with Crippen LogP contribution >= 0.6 is 22.9 Å². The zero-order valence-electron chi connectivity index (χ0n) is 13.1. The topological polar surface area (TPSA) is 56.5 Å². The maximum Gasteiger partial charge on any atom is 0.291 e. The van der Waals surface area contributed by atoms with E-state index < -0.39 is 0 Å². The zero-order chi connectivity index (χ0) is 17.4. The molecule has 2 aromatic heterocycles. The van der Waals surface area contributed by atoms with Crippen LogP contribution in [0.4, 0.5) is 0 Å². The third-order valence-corrected chi connectivity index (χ3v) is 5.03. The zero-order valence-corrected chi connectivity index (χ0v) is 14.7. The maximum absolute atomic E-state index is 12.6. The standard InChI is InChI=1S/C18H12ClN3O2S/c1-24-13-8-6-11(7-9-13)16-20-18-22(21-16)17(23)15(25-18)10-12-4-2-3-5-14(12)19/h2-10H,1H3/b15-10-. The predicted molar refractivity (Wildman–Crippen MR) is 99.4 cm³/mol. The van der Waals surface area contributed by atoms with Crippen LogP contribution < -0.4 is 14.8 Å². The Morgan fingerprint density at radius 2 is 1.92 bits per heavy atom. The summed E-state index contributed by atoms with van der Waals surface area (Å²) in [5, 5.41) is 4.93. The minimum absolute atomic E-state index is 0.202. The van der Waals surface area contributed by atoms with E-state index in [1.165, 1.54) is 15.9 Å². The van der Waals surface area contributed by atoms with Gasteiger partial charge >= 0.3 is 0 Å². The molecule has 0 aliphatic heterocycles. The van der Waals surface area contributed by atoms with Crippen molar-refractivity contribution in [1.82, 2.24) is 14.6 Å². The molecular weight excluding hydrogens is 358 g/mol. The maximum atomic E-state index is 12.6. The van der Waals surface area contributed by atoms with E-state index in [-0.39, 0.29) is 5.56 Å². The lowest BCUT2D eigenvalue weighted by atomic mass is 10.2. The Hall–Kier alpha value is -2.70. The van der Waals surface area contributed by atoms with E-state index in [1.807, 2.05) is 42.5 Å². The molecule has 0 N–H and O–H groups in total. The highest BCUT2D eigenvalue weighted by Crippen LogP contribution is 2.20. The molecular formula is C18H12ClN3O2S. The van der Waals surface area contributed by atoms with Crippen molar-refractivity contribution < 1.29 is 4.74 Å². The predicted octanol–water partition coefficient (Wildman–Crippen LogP) is 3.03. The van der Waals surface area contributed by atoms with Gasteiger partial charge in [-0.25, -0.2) is 0 Å². The van der Waals surface area contributed by atoms with Gasteiger partial charge in [0.1, 0.15) is 5.75 Å². The third kappa shape index (κ3) is 2.90. The fourth-order valence-corrected chi connectivity index (χ4v) is 3.52. The Morgan fingerprint density at radius 3 is 2.60 bits per heavy atom. The Balaban J connectivity index is 1.79. The molecule has 0 saturated heterocycles. The number of hydrogen-bond donors (Lipinski definition) is 0. The molecule has 5 nitrogen and oxygen atoms in total. The van der Waals surface area contributed by atoms with E-state index in [0.717, 1.165) is 16.9 Å². The van der Waals surface area contributed by atoms with E-state index in [2.05, 4.69) is 10.1 Å². The van der Waals surface area contributed by atoms with Gasteiger partial charge in [-0.3, -0.25) is 4.79 Å². The Bertz CT molecular complexity index is 1170. The number of hydrogen-bond acceptors (Lipinski definition) is 5. The minimum atomic E-state index is -0.202. The third-order valence-electron chi connectivity index (χ3n) is 3.72. The van der Waals surface area contributed by atoms with Gasteiger partial charge in [-0.1, -0.05) is 41.1 Å². The van der Waals surface area contributed by atoms with Gasteiger partial charge in [-0.15, -0.1) is 5.10 Å². The van der Waals surface area contributed by atoms with Crippen LogP contribution in [0.2, 0.25) is 5.02 Å². The van der Waals surface area contributed by atoms with Crippen molar-refractivity contribution in [2.45, 2.75) is 0 Å². The highest BCUT2D eigenvalue weighted by Gasteiger charge is 2.12. The van der Waals surface area contributed by atoms with Crippen LogP contribution in [0.25, 0.3) is 22.4 Å². The number of ether oxygens (including phenoxy) is 1. The lowest BCUT2D eigenvalue weighted by molar-refractivity contribution is 0.415. The number of aromatic nitrogens is 3. The highest BCUT2D eigenvalue weighted by atomic mass is 35.5. The van der Waals surface area contributed by atoms with Crippen molar-refractivity contribution in [2.24, 2.45) is 0 Å². The van der Waals surface area contributed by atoms with Crippen LogP contribution in [0.5, 0.6) is 5.75 Å². The van der Waals surface area contributed by atoms with Crippen LogP contribution in [0.15, 0.2) is 53.3 Å². The number of rotatable bonds is 3. The van der Waals surface area contributed by atoms with E-state index in [9.17, 15) is 4.79 Å². The molecule has 0 atom stereocenters. The molecule has 0 unspecified atom stereocenters. The summed E-state index contributed by atoms with van der Waals surface area (Å²) in [6.45, 7) is 0. The highest BCUT2D eigenvalue weighted by molar-refractivity contribution is 7.15. The molecule has 0 fully saturated rings. The van der Waals surface area contributed by atoms with Crippen molar-refractivity contribution >= 4 is 34.0 Å². The molecule has 0 radical (unpaired) electrons. The van der Waals surface area contributed by atoms with Gasteiger partial charge in [0.2, 0.25) is 4.96 Å². The summed E-state index contributed by atoms with van der Waals surface area (Å²) in [6, 6.07) is 14.8. The van der Waals surface area contributed by atoms with E-state index in [4.69, 9.17) is 16.3 Å². The molecule has 2 aromatic carbocycles. The van der Waals surface area contributed by atoms with E-state index in [1.54, 1.807) is 19.3 Å². The summed E-state index contributed by atoms with van der Waals surface area (Å²) in [4.78, 5) is 17.6. The molecule has 2 heterocycles. The summed E-state index contributed by atoms with van der Waals surface area (Å²) < 4.78 is 7.01. The molecule has 0 aliphatic rings. The number of methoxy groups -OCH3 is 1. The monoisotopic (exact) mass is 369 g/mol. The first-order valence-corrected chi connectivity index (χ1v) is 8.65. The van der Waals surface area contributed by atoms with Crippen molar-refractivity contribution in [2.75, 3.05) is 7.11 Å². The molecule has 4 aromatic rings. The first-order chi connectivity index (χ1) is 12.2. The molecule has 0 saturated carbocycles. The normalized spacial score (nSPS) is 12.0. The Morgan fingerprint density at radius 1 is 1.16 bits per heavy atom. The largest absolute Gasteiger partial charge is 0.497 e. The van der Waals surface area contributed by atoms with E-state index in [0.29, 0.717) is 20.3 Å². The number of halogens is 1. The number of benzene rings is 2. The Kier molecular flexibility index (Phi) is 3.99. The van der Waals surface area contributed by atoms with Crippen LogP contribution in [-0.4, -0.2) is 21.7 Å². The number of fused-ring (bicyclic) bond motifs is 1. The van der Waals surface area contributed by atoms with Gasteiger partial charge in [0.15, 0.2) is 5.82 Å². The average Bonchev–Trinajstić information content (AvgIpc) is 3.17. The van der Waals surface area contributed by atoms with Crippen molar-refractivity contribution in [3.05, 3.63) is 74.0 Å². The molecule has 0 amide bonds. The second-order valence-corrected chi connectivity index (χ2v) is 6.71. The Labute approximate surface area is 151 Å². The second-order valence-electron chi connectivity index (χ2n) is 5.30. The lowest BCUT2D eigenvalue weighted by Gasteiger charge is -1.99. The fraction of sp³-hybridized carbons (Fsp3) is 0.0556. The average molecular weight is 370 g/mol. The van der Waals surface area contributed by atoms with Crippen LogP contribution in [0, 0.1) is 0 Å². The summed E-state index contributed by atoms with van der Waals surface area (Å²) >= 11 is 7.44. The van der Waals surface area contributed by atoms with Gasteiger partial charge in [0.05, 0.1) is 11.6 Å². The molecule has 124 valence electrons. The molecule has 4 rings (SSSR count). The summed E-state index contributed by atoms with van der Waals surface area (Å²) in [6.07, 6.45) is 1.76. The summed E-state index contributed by atoms with van der Waals surface area (Å²) in [5.41, 5.74) is 1.42. The summed E-state index contributed by atoms with van der Waals surface area (Å²) in [5.74, 6) is 1.27. The van der Waals surface area contributed by atoms with E-state index >= 15 is 0 Å². The molecule has 0 bridgehead atoms. The minimum Gasteiger partial charge on any atom is -0.497 e. The quantitative estimate of drug-likeness (QED) is 0.557. The molecule has 0 aliphatic carbocycles. The van der Waals surface area contributed by atoms with Crippen LogP contribution in [0.1, 0.15) is 5.56 Å². The smallest absolute Gasteiger partial charge is 0.291 e. The summed E-state index contributed by atoms with van der Waals surface area (Å²) in [7, 11) is 1.61. The first kappa shape index (κ1) is 15.8. The SMILES string of the molecule is COc1ccc(-c2nc3s/c(=C\c4ccccc4Cl)c(=O)n3n2)cc1. The molecule has 0 spiro atoms. The number of thiazole rings is 1. The number of nitrogens with zero attached hydrogens (tertiary/aromatic N) is 3. The van der Waals surface area contributed by atoms with Crippen LogP contribution in [-0.2, 0) is 0 Å². The van der Waals surface area contributed by atoms with Crippen molar-refractivity contribution in [3.8, 4) is 17.1 Å².